The van der Waals surface area contributed by atoms with Crippen LogP contribution in [-0.2, 0) is 21.3 Å². The number of rotatable bonds is 9. The molecule has 1 aromatic rings. The van der Waals surface area contributed by atoms with Crippen LogP contribution in [0.15, 0.2) is 34.3 Å². The minimum Gasteiger partial charge on any atom is -0.447 e. The number of nitrogens with one attached hydrogen (secondary N) is 1. The van der Waals surface area contributed by atoms with Crippen molar-refractivity contribution in [3.63, 3.8) is 0 Å². The molecule has 1 aromatic heterocycles. The van der Waals surface area contributed by atoms with Crippen LogP contribution in [0.1, 0.15) is 5.76 Å². The van der Waals surface area contributed by atoms with Gasteiger partial charge in [0, 0.05) is 27.2 Å². The molecule has 0 spiro atoms. The number of furan rings is 1. The molecular formula is C12H20N2O4S. The van der Waals surface area contributed by atoms with Crippen molar-refractivity contribution < 1.29 is 17.6 Å². The predicted octanol–water partition coefficient (Wildman–Crippen LogP) is 0.822. The molecule has 0 aliphatic carbocycles. The van der Waals surface area contributed by atoms with Gasteiger partial charge >= 0.3 is 0 Å². The second kappa shape index (κ2) is 7.44. The van der Waals surface area contributed by atoms with E-state index in [4.69, 9.17) is 9.15 Å². The lowest BCUT2D eigenvalue weighted by Crippen LogP contribution is -2.26. The first-order valence-electron chi connectivity index (χ1n) is 5.88. The van der Waals surface area contributed by atoms with Gasteiger partial charge in [-0.3, -0.25) is 0 Å². The standard InChI is InChI=1S/C12H20N2O4S/c1-4-8-14(2)19(15,16)12-6-5-11(18-12)10-13-7-9-17-3/h4-6,13H,1,7-10H2,2-3H3. The van der Waals surface area contributed by atoms with Crippen molar-refractivity contribution in [3.05, 3.63) is 30.5 Å². The summed E-state index contributed by atoms with van der Waals surface area (Å²) in [7, 11) is -0.471. The summed E-state index contributed by atoms with van der Waals surface area (Å²) in [6, 6.07) is 3.11. The molecule has 0 unspecified atom stereocenters. The number of sulfonamides is 1. The van der Waals surface area contributed by atoms with Crippen molar-refractivity contribution in [1.82, 2.24) is 9.62 Å². The number of ether oxygens (including phenoxy) is 1. The van der Waals surface area contributed by atoms with Crippen LogP contribution in [-0.4, -0.2) is 46.6 Å². The number of hydrogen-bond donors (Lipinski definition) is 1. The van der Waals surface area contributed by atoms with E-state index in [1.54, 1.807) is 13.2 Å². The molecule has 0 saturated carbocycles. The fourth-order valence-corrected chi connectivity index (χ4v) is 2.47. The first kappa shape index (κ1) is 15.9. The van der Waals surface area contributed by atoms with E-state index in [1.165, 1.54) is 23.5 Å². The van der Waals surface area contributed by atoms with Gasteiger partial charge in [0.15, 0.2) is 0 Å². The van der Waals surface area contributed by atoms with Gasteiger partial charge in [-0.05, 0) is 12.1 Å². The maximum Gasteiger partial charge on any atom is 0.276 e. The maximum absolute atomic E-state index is 12.1. The third-order valence-corrected chi connectivity index (χ3v) is 4.17. The van der Waals surface area contributed by atoms with Crippen molar-refractivity contribution in [2.75, 3.05) is 33.9 Å². The van der Waals surface area contributed by atoms with Gasteiger partial charge in [0.2, 0.25) is 5.09 Å². The quantitative estimate of drug-likeness (QED) is 0.538. The molecule has 6 nitrogen and oxygen atoms in total. The Morgan fingerprint density at radius 3 is 2.89 bits per heavy atom. The minimum atomic E-state index is -3.57. The number of nitrogens with zero attached hydrogens (tertiary/aromatic N) is 1. The number of likely N-dealkylation sites (N-methyl/N-ethyl adjacent to an activating group) is 1. The molecule has 0 fully saturated rings. The summed E-state index contributed by atoms with van der Waals surface area (Å²) in [5.41, 5.74) is 0. The Morgan fingerprint density at radius 2 is 2.26 bits per heavy atom. The predicted molar refractivity (Wildman–Crippen MR) is 72.3 cm³/mol. The fraction of sp³-hybridized carbons (Fsp3) is 0.500. The molecular weight excluding hydrogens is 268 g/mol. The molecule has 0 saturated heterocycles. The average Bonchev–Trinajstić information content (AvgIpc) is 2.84. The van der Waals surface area contributed by atoms with Gasteiger partial charge in [-0.1, -0.05) is 6.08 Å². The van der Waals surface area contributed by atoms with Gasteiger partial charge < -0.3 is 14.5 Å². The zero-order chi connectivity index (χ0) is 14.3. The molecule has 7 heteroatoms. The highest BCUT2D eigenvalue weighted by Gasteiger charge is 2.23. The van der Waals surface area contributed by atoms with Crippen molar-refractivity contribution >= 4 is 10.0 Å². The van der Waals surface area contributed by atoms with Crippen LogP contribution in [0.3, 0.4) is 0 Å². The topological polar surface area (TPSA) is 71.8 Å². The van der Waals surface area contributed by atoms with Crippen LogP contribution in [0.4, 0.5) is 0 Å². The van der Waals surface area contributed by atoms with E-state index in [-0.39, 0.29) is 11.6 Å². The normalized spacial score (nSPS) is 11.9. The summed E-state index contributed by atoms with van der Waals surface area (Å²) in [4.78, 5) is 0. The first-order chi connectivity index (χ1) is 9.02. The first-order valence-corrected chi connectivity index (χ1v) is 7.32. The monoisotopic (exact) mass is 288 g/mol. The van der Waals surface area contributed by atoms with E-state index in [1.807, 2.05) is 0 Å². The molecule has 0 aliphatic heterocycles. The lowest BCUT2D eigenvalue weighted by molar-refractivity contribution is 0.198. The van der Waals surface area contributed by atoms with Crippen molar-refractivity contribution in [2.24, 2.45) is 0 Å². The van der Waals surface area contributed by atoms with Gasteiger partial charge in [0.05, 0.1) is 13.2 Å². The maximum atomic E-state index is 12.1. The fourth-order valence-electron chi connectivity index (χ4n) is 1.41. The Morgan fingerprint density at radius 1 is 1.53 bits per heavy atom. The van der Waals surface area contributed by atoms with Gasteiger partial charge in [-0.2, -0.15) is 4.31 Å². The summed E-state index contributed by atoms with van der Waals surface area (Å²) >= 11 is 0. The highest BCUT2D eigenvalue weighted by molar-refractivity contribution is 7.89. The van der Waals surface area contributed by atoms with Crippen LogP contribution in [0.2, 0.25) is 0 Å². The van der Waals surface area contributed by atoms with Crippen LogP contribution in [0.5, 0.6) is 0 Å². The second-order valence-electron chi connectivity index (χ2n) is 3.96. The molecule has 1 heterocycles. The molecule has 1 N–H and O–H groups in total. The average molecular weight is 288 g/mol. The van der Waals surface area contributed by atoms with E-state index in [0.29, 0.717) is 25.5 Å². The summed E-state index contributed by atoms with van der Waals surface area (Å²) in [5.74, 6) is 0.571. The van der Waals surface area contributed by atoms with Crippen LogP contribution < -0.4 is 5.32 Å². The molecule has 1 rings (SSSR count). The van der Waals surface area contributed by atoms with Crippen molar-refractivity contribution in [2.45, 2.75) is 11.6 Å². The third kappa shape index (κ3) is 4.46. The Balaban J connectivity index is 2.65. The van der Waals surface area contributed by atoms with Crippen LogP contribution in [0.25, 0.3) is 0 Å². The van der Waals surface area contributed by atoms with Gasteiger partial charge in [0.1, 0.15) is 5.76 Å². The largest absolute Gasteiger partial charge is 0.447 e. The van der Waals surface area contributed by atoms with E-state index >= 15 is 0 Å². The molecule has 0 radical (unpaired) electrons. The minimum absolute atomic E-state index is 0.0552. The molecule has 108 valence electrons. The molecule has 0 aliphatic rings. The van der Waals surface area contributed by atoms with Crippen molar-refractivity contribution in [3.8, 4) is 0 Å². The Kier molecular flexibility index (Phi) is 6.23. The lowest BCUT2D eigenvalue weighted by Gasteiger charge is -2.12. The van der Waals surface area contributed by atoms with Crippen molar-refractivity contribution in [1.29, 1.82) is 0 Å². The highest BCUT2D eigenvalue weighted by Crippen LogP contribution is 2.17. The Hall–Kier alpha value is -1.15. The highest BCUT2D eigenvalue weighted by atomic mass is 32.2. The van der Waals surface area contributed by atoms with E-state index in [9.17, 15) is 8.42 Å². The zero-order valence-electron chi connectivity index (χ0n) is 11.3. The summed E-state index contributed by atoms with van der Waals surface area (Å²) in [6.45, 7) is 5.48. The van der Waals surface area contributed by atoms with Crippen LogP contribution >= 0.6 is 0 Å². The van der Waals surface area contributed by atoms with Gasteiger partial charge in [-0.25, -0.2) is 8.42 Å². The molecule has 0 amide bonds. The summed E-state index contributed by atoms with van der Waals surface area (Å²) < 4.78 is 35.5. The van der Waals surface area contributed by atoms with E-state index in [2.05, 4.69) is 11.9 Å². The molecule has 0 bridgehead atoms. The lowest BCUT2D eigenvalue weighted by atomic mass is 10.4. The smallest absolute Gasteiger partial charge is 0.276 e. The third-order valence-electron chi connectivity index (χ3n) is 2.47. The SMILES string of the molecule is C=CCN(C)S(=O)(=O)c1ccc(CNCCOC)o1. The number of methoxy groups -OCH3 is 1. The van der Waals surface area contributed by atoms with E-state index < -0.39 is 10.0 Å². The Bertz CT molecular complexity index is 496. The second-order valence-corrected chi connectivity index (χ2v) is 5.94. The molecule has 0 aromatic carbocycles. The van der Waals surface area contributed by atoms with Crippen LogP contribution in [0, 0.1) is 0 Å². The molecule has 19 heavy (non-hydrogen) atoms. The zero-order valence-corrected chi connectivity index (χ0v) is 12.1. The summed E-state index contributed by atoms with van der Waals surface area (Å²) in [6.07, 6.45) is 1.52. The number of hydrogen-bond acceptors (Lipinski definition) is 5. The van der Waals surface area contributed by atoms with Gasteiger partial charge in [-0.15, -0.1) is 6.58 Å². The van der Waals surface area contributed by atoms with E-state index in [0.717, 1.165) is 0 Å². The Labute approximate surface area is 114 Å². The van der Waals surface area contributed by atoms with Gasteiger partial charge in [0.25, 0.3) is 10.0 Å². The summed E-state index contributed by atoms with van der Waals surface area (Å²) in [5, 5.41) is 3.02. The molecule has 0 atom stereocenters.